The highest BCUT2D eigenvalue weighted by atomic mass is 32.1. The smallest absolute Gasteiger partial charge is 0.325 e. The third-order valence-corrected chi connectivity index (χ3v) is 3.94. The highest BCUT2D eigenvalue weighted by Gasteiger charge is 2.37. The van der Waals surface area contributed by atoms with Gasteiger partial charge in [-0.25, -0.2) is 8.78 Å². The lowest BCUT2D eigenvalue weighted by atomic mass is 10.1. The monoisotopic (exact) mass is 445 g/mol. The van der Waals surface area contributed by atoms with Crippen molar-refractivity contribution in [3.8, 4) is 0 Å². The predicted octanol–water partition coefficient (Wildman–Crippen LogP) is 5.58. The van der Waals surface area contributed by atoms with E-state index in [1.807, 2.05) is 0 Å². The lowest BCUT2D eigenvalue weighted by Gasteiger charge is -2.08. The Morgan fingerprint density at radius 1 is 1.27 bits per heavy atom. The number of rotatable bonds is 10. The van der Waals surface area contributed by atoms with Gasteiger partial charge in [0.1, 0.15) is 0 Å². The molecule has 1 rings (SSSR count). The number of nitrogens with one attached hydrogen (secondary N) is 1. The van der Waals surface area contributed by atoms with Crippen LogP contribution in [0.3, 0.4) is 0 Å². The SMILES string of the molecule is C=C/C(F)=C(F)\C=C/Cn1ccc(=S)c(CC(=C)CC/C=C/NC(=O)C(F)(F)F)n1. The summed E-state index contributed by atoms with van der Waals surface area (Å²) in [6.45, 7) is 7.20. The van der Waals surface area contributed by atoms with Crippen molar-refractivity contribution in [1.29, 1.82) is 0 Å². The average Bonchev–Trinajstić information content (AvgIpc) is 2.68. The number of alkyl halides is 3. The second-order valence-electron chi connectivity index (χ2n) is 5.99. The summed E-state index contributed by atoms with van der Waals surface area (Å²) < 4.78 is 64.4. The van der Waals surface area contributed by atoms with Gasteiger partial charge >= 0.3 is 12.1 Å². The molecule has 0 bridgehead atoms. The molecule has 0 saturated heterocycles. The third kappa shape index (κ3) is 9.08. The maximum absolute atomic E-state index is 13.3. The molecule has 1 heterocycles. The summed E-state index contributed by atoms with van der Waals surface area (Å²) in [6, 6.07) is 1.64. The average molecular weight is 445 g/mol. The minimum atomic E-state index is -4.93. The molecule has 0 saturated carbocycles. The van der Waals surface area contributed by atoms with Gasteiger partial charge in [-0.2, -0.15) is 18.3 Å². The van der Waals surface area contributed by atoms with Gasteiger partial charge in [-0.3, -0.25) is 9.48 Å². The molecule has 1 aromatic heterocycles. The van der Waals surface area contributed by atoms with Crippen LogP contribution in [0.2, 0.25) is 0 Å². The number of nitrogens with zero attached hydrogens (tertiary/aromatic N) is 2. The molecule has 10 heteroatoms. The molecular weight excluding hydrogens is 425 g/mol. The van der Waals surface area contributed by atoms with Gasteiger partial charge in [0.2, 0.25) is 0 Å². The quantitative estimate of drug-likeness (QED) is 0.222. The molecule has 30 heavy (non-hydrogen) atoms. The first-order valence-electron chi connectivity index (χ1n) is 8.64. The zero-order chi connectivity index (χ0) is 22.7. The van der Waals surface area contributed by atoms with E-state index >= 15 is 0 Å². The van der Waals surface area contributed by atoms with Gasteiger partial charge in [-0.05, 0) is 31.1 Å². The lowest BCUT2D eigenvalue weighted by molar-refractivity contribution is -0.172. The van der Waals surface area contributed by atoms with Crippen LogP contribution in [0.5, 0.6) is 0 Å². The Labute approximate surface area is 175 Å². The molecule has 0 aliphatic heterocycles. The summed E-state index contributed by atoms with van der Waals surface area (Å²) in [5, 5.41) is 5.95. The van der Waals surface area contributed by atoms with Crippen molar-refractivity contribution in [2.24, 2.45) is 0 Å². The normalized spacial score (nSPS) is 12.8. The van der Waals surface area contributed by atoms with Crippen LogP contribution in [0.4, 0.5) is 22.0 Å². The van der Waals surface area contributed by atoms with Gasteiger partial charge in [0.25, 0.3) is 0 Å². The number of allylic oxidation sites excluding steroid dienone is 7. The zero-order valence-corrected chi connectivity index (χ0v) is 16.7. The molecule has 0 spiro atoms. The van der Waals surface area contributed by atoms with Gasteiger partial charge < -0.3 is 5.32 Å². The van der Waals surface area contributed by atoms with Crippen LogP contribution in [0.15, 0.2) is 73.2 Å². The summed E-state index contributed by atoms with van der Waals surface area (Å²) in [7, 11) is 0. The van der Waals surface area contributed by atoms with Crippen molar-refractivity contribution in [2.45, 2.75) is 32.0 Å². The van der Waals surface area contributed by atoms with Crippen molar-refractivity contribution in [3.05, 3.63) is 83.4 Å². The highest BCUT2D eigenvalue weighted by molar-refractivity contribution is 7.71. The van der Waals surface area contributed by atoms with Crippen LogP contribution in [0.25, 0.3) is 0 Å². The van der Waals surface area contributed by atoms with E-state index in [0.717, 1.165) is 23.9 Å². The van der Waals surface area contributed by atoms with E-state index in [4.69, 9.17) is 12.2 Å². The molecule has 0 unspecified atom stereocenters. The Bertz CT molecular complexity index is 929. The Morgan fingerprint density at radius 2 is 1.97 bits per heavy atom. The minimum Gasteiger partial charge on any atom is -0.325 e. The zero-order valence-electron chi connectivity index (χ0n) is 15.9. The predicted molar refractivity (Wildman–Crippen MR) is 107 cm³/mol. The van der Waals surface area contributed by atoms with E-state index in [2.05, 4.69) is 18.3 Å². The maximum Gasteiger partial charge on any atom is 0.471 e. The summed E-state index contributed by atoms with van der Waals surface area (Å²) in [4.78, 5) is 10.7. The van der Waals surface area contributed by atoms with Crippen molar-refractivity contribution in [1.82, 2.24) is 15.1 Å². The van der Waals surface area contributed by atoms with Gasteiger partial charge in [0.05, 0.1) is 16.7 Å². The summed E-state index contributed by atoms with van der Waals surface area (Å²) >= 11 is 5.22. The highest BCUT2D eigenvalue weighted by Crippen LogP contribution is 2.15. The molecule has 0 radical (unpaired) electrons. The summed E-state index contributed by atoms with van der Waals surface area (Å²) in [5.41, 5.74) is 1.28. The molecule has 0 fully saturated rings. The van der Waals surface area contributed by atoms with E-state index in [1.54, 1.807) is 17.6 Å². The largest absolute Gasteiger partial charge is 0.471 e. The van der Waals surface area contributed by atoms with E-state index in [1.165, 1.54) is 16.8 Å². The molecule has 0 aliphatic carbocycles. The number of carbonyl (C=O) groups is 1. The molecule has 4 nitrogen and oxygen atoms in total. The number of aromatic nitrogens is 2. The molecule has 162 valence electrons. The van der Waals surface area contributed by atoms with Gasteiger partial charge in [0.15, 0.2) is 11.7 Å². The fourth-order valence-electron chi connectivity index (χ4n) is 2.07. The first-order valence-corrected chi connectivity index (χ1v) is 9.05. The Balaban J connectivity index is 2.60. The van der Waals surface area contributed by atoms with Crippen LogP contribution < -0.4 is 5.32 Å². The van der Waals surface area contributed by atoms with E-state index < -0.39 is 23.7 Å². The second-order valence-corrected chi connectivity index (χ2v) is 6.43. The van der Waals surface area contributed by atoms with Crippen LogP contribution >= 0.6 is 12.2 Å². The Kier molecular flexibility index (Phi) is 10.0. The number of hydrogen-bond donors (Lipinski definition) is 1. The van der Waals surface area contributed by atoms with E-state index in [0.29, 0.717) is 29.5 Å². The molecule has 0 atom stereocenters. The van der Waals surface area contributed by atoms with Crippen LogP contribution in [-0.2, 0) is 17.8 Å². The number of halogens is 5. The first kappa shape index (κ1) is 25.2. The maximum atomic E-state index is 13.3. The Morgan fingerprint density at radius 3 is 2.60 bits per heavy atom. The van der Waals surface area contributed by atoms with E-state index in [-0.39, 0.29) is 6.54 Å². The molecule has 1 N–H and O–H groups in total. The minimum absolute atomic E-state index is 0.175. The number of hydrogen-bond acceptors (Lipinski definition) is 3. The topological polar surface area (TPSA) is 46.9 Å². The van der Waals surface area contributed by atoms with Crippen molar-refractivity contribution in [3.63, 3.8) is 0 Å². The van der Waals surface area contributed by atoms with Gasteiger partial charge in [-0.1, -0.05) is 43.1 Å². The fraction of sp³-hybridized carbons (Fsp3) is 0.250. The van der Waals surface area contributed by atoms with Crippen molar-refractivity contribution < 1.29 is 26.7 Å². The lowest BCUT2D eigenvalue weighted by Crippen LogP contribution is -2.33. The van der Waals surface area contributed by atoms with Crippen LogP contribution in [0, 0.1) is 4.51 Å². The van der Waals surface area contributed by atoms with Gasteiger partial charge in [0, 0.05) is 18.8 Å². The fourth-order valence-corrected chi connectivity index (χ4v) is 2.24. The molecule has 0 aromatic carbocycles. The summed E-state index contributed by atoms with van der Waals surface area (Å²) in [5.74, 6) is -4.14. The molecular formula is C20H20F5N3OS. The van der Waals surface area contributed by atoms with Crippen LogP contribution in [0.1, 0.15) is 18.5 Å². The third-order valence-electron chi connectivity index (χ3n) is 3.57. The van der Waals surface area contributed by atoms with Crippen LogP contribution in [-0.4, -0.2) is 21.9 Å². The number of carbonyl (C=O) groups excluding carboxylic acids is 1. The second kappa shape index (κ2) is 12.0. The van der Waals surface area contributed by atoms with Crippen molar-refractivity contribution in [2.75, 3.05) is 0 Å². The summed E-state index contributed by atoms with van der Waals surface area (Å²) in [6.07, 6.45) is 3.24. The molecule has 1 aromatic rings. The molecule has 1 amide bonds. The van der Waals surface area contributed by atoms with Gasteiger partial charge in [-0.15, -0.1) is 0 Å². The van der Waals surface area contributed by atoms with E-state index in [9.17, 15) is 26.7 Å². The number of amides is 1. The standard InChI is InChI=1S/C20H20F5N3OS/c1-3-15(21)16(22)8-6-11-28-12-9-18(30)17(27-28)13-14(2)7-4-5-10-26-19(29)20(23,24)25/h3,5-6,8-10,12H,1-2,4,7,11,13H2,(H,26,29)/b8-6-,10-5+,16-15-. The Hall–Kier alpha value is -2.88. The first-order chi connectivity index (χ1) is 14.0. The molecule has 0 aliphatic rings. The van der Waals surface area contributed by atoms with Crippen molar-refractivity contribution >= 4 is 18.1 Å².